The SMILES string of the molecule is CCOC(=O)/C=C/CN(Cc1ccccc1C(=O)c1ccc(F)cc1)C(C)C. The van der Waals surface area contributed by atoms with Crippen molar-refractivity contribution in [3.05, 3.63) is 83.2 Å². The van der Waals surface area contributed by atoms with Gasteiger partial charge >= 0.3 is 5.97 Å². The highest BCUT2D eigenvalue weighted by Gasteiger charge is 2.16. The zero-order chi connectivity index (χ0) is 20.5. The van der Waals surface area contributed by atoms with Gasteiger partial charge in [0.15, 0.2) is 5.78 Å². The van der Waals surface area contributed by atoms with E-state index >= 15 is 0 Å². The van der Waals surface area contributed by atoms with Crippen molar-refractivity contribution in [1.29, 1.82) is 0 Å². The zero-order valence-electron chi connectivity index (χ0n) is 16.5. The van der Waals surface area contributed by atoms with Crippen molar-refractivity contribution in [3.63, 3.8) is 0 Å². The first-order valence-electron chi connectivity index (χ1n) is 9.38. The molecule has 0 heterocycles. The molecule has 0 aliphatic carbocycles. The Morgan fingerprint density at radius 1 is 1.11 bits per heavy atom. The smallest absolute Gasteiger partial charge is 0.330 e. The first kappa shape index (κ1) is 21.5. The number of rotatable bonds is 9. The van der Waals surface area contributed by atoms with Gasteiger partial charge in [0.1, 0.15) is 5.82 Å². The molecule has 0 spiro atoms. The van der Waals surface area contributed by atoms with Crippen LogP contribution in [0.1, 0.15) is 42.3 Å². The minimum Gasteiger partial charge on any atom is -0.463 e. The summed E-state index contributed by atoms with van der Waals surface area (Å²) in [4.78, 5) is 26.5. The summed E-state index contributed by atoms with van der Waals surface area (Å²) in [5.74, 6) is -0.872. The number of nitrogens with zero attached hydrogens (tertiary/aromatic N) is 1. The molecule has 0 aromatic heterocycles. The van der Waals surface area contributed by atoms with Crippen LogP contribution in [0.15, 0.2) is 60.7 Å². The van der Waals surface area contributed by atoms with E-state index in [0.29, 0.717) is 30.8 Å². The van der Waals surface area contributed by atoms with Crippen LogP contribution < -0.4 is 0 Å². The molecule has 0 fully saturated rings. The van der Waals surface area contributed by atoms with E-state index in [9.17, 15) is 14.0 Å². The number of ketones is 1. The largest absolute Gasteiger partial charge is 0.463 e. The van der Waals surface area contributed by atoms with Crippen LogP contribution in [0.4, 0.5) is 4.39 Å². The zero-order valence-corrected chi connectivity index (χ0v) is 16.5. The topological polar surface area (TPSA) is 46.6 Å². The van der Waals surface area contributed by atoms with Crippen molar-refractivity contribution in [2.45, 2.75) is 33.4 Å². The molecule has 0 saturated heterocycles. The maximum absolute atomic E-state index is 13.2. The minimum atomic E-state index is -0.371. The van der Waals surface area contributed by atoms with Gasteiger partial charge in [-0.15, -0.1) is 0 Å². The molecule has 148 valence electrons. The number of benzene rings is 2. The van der Waals surface area contributed by atoms with Crippen LogP contribution in [0.3, 0.4) is 0 Å². The van der Waals surface area contributed by atoms with Gasteiger partial charge in [0.25, 0.3) is 0 Å². The van der Waals surface area contributed by atoms with Gasteiger partial charge in [0.05, 0.1) is 6.61 Å². The van der Waals surface area contributed by atoms with E-state index in [0.717, 1.165) is 5.56 Å². The Bertz CT molecular complexity index is 828. The second-order valence-corrected chi connectivity index (χ2v) is 6.67. The Hall–Kier alpha value is -2.79. The van der Waals surface area contributed by atoms with Crippen LogP contribution in [0, 0.1) is 5.82 Å². The molecule has 0 saturated carbocycles. The lowest BCUT2D eigenvalue weighted by molar-refractivity contribution is -0.137. The van der Waals surface area contributed by atoms with Gasteiger partial charge in [0.2, 0.25) is 0 Å². The van der Waals surface area contributed by atoms with Gasteiger partial charge in [-0.1, -0.05) is 30.3 Å². The lowest BCUT2D eigenvalue weighted by Crippen LogP contribution is -2.31. The molecular weight excluding hydrogens is 357 g/mol. The molecule has 2 rings (SSSR count). The lowest BCUT2D eigenvalue weighted by atomic mass is 9.97. The number of carbonyl (C=O) groups excluding carboxylic acids is 2. The molecule has 0 atom stereocenters. The second kappa shape index (κ2) is 10.5. The fraction of sp³-hybridized carbons (Fsp3) is 0.304. The molecule has 28 heavy (non-hydrogen) atoms. The third-order valence-corrected chi connectivity index (χ3v) is 4.35. The maximum Gasteiger partial charge on any atom is 0.330 e. The van der Waals surface area contributed by atoms with Gasteiger partial charge < -0.3 is 4.74 Å². The fourth-order valence-electron chi connectivity index (χ4n) is 2.79. The van der Waals surface area contributed by atoms with Crippen molar-refractivity contribution in [1.82, 2.24) is 4.90 Å². The Kier molecular flexibility index (Phi) is 8.08. The summed E-state index contributed by atoms with van der Waals surface area (Å²) in [6.07, 6.45) is 3.19. The third-order valence-electron chi connectivity index (χ3n) is 4.35. The monoisotopic (exact) mass is 383 g/mol. The fourth-order valence-corrected chi connectivity index (χ4v) is 2.79. The Balaban J connectivity index is 2.18. The van der Waals surface area contributed by atoms with E-state index in [1.165, 1.54) is 30.3 Å². The highest BCUT2D eigenvalue weighted by Crippen LogP contribution is 2.18. The quantitative estimate of drug-likeness (QED) is 0.366. The lowest BCUT2D eigenvalue weighted by Gasteiger charge is -2.26. The van der Waals surface area contributed by atoms with Gasteiger partial charge in [0, 0.05) is 36.3 Å². The molecular formula is C23H26FNO3. The number of hydrogen-bond donors (Lipinski definition) is 0. The predicted octanol–water partition coefficient (Wildman–Crippen LogP) is 4.39. The molecule has 0 unspecified atom stereocenters. The standard InChI is InChI=1S/C23H26FNO3/c1-4-28-22(26)10-7-15-25(17(2)3)16-19-8-5-6-9-21(19)23(27)18-11-13-20(24)14-12-18/h5-14,17H,4,15-16H2,1-3H3/b10-7+. The van der Waals surface area contributed by atoms with Crippen molar-refractivity contribution >= 4 is 11.8 Å². The maximum atomic E-state index is 13.2. The molecule has 5 heteroatoms. The Morgan fingerprint density at radius 2 is 1.79 bits per heavy atom. The van der Waals surface area contributed by atoms with Crippen molar-refractivity contribution < 1.29 is 18.7 Å². The van der Waals surface area contributed by atoms with Gasteiger partial charge in [-0.3, -0.25) is 9.69 Å². The number of carbonyl (C=O) groups is 2. The van der Waals surface area contributed by atoms with Crippen molar-refractivity contribution in [2.75, 3.05) is 13.2 Å². The number of halogens is 1. The van der Waals surface area contributed by atoms with Crippen molar-refractivity contribution in [3.8, 4) is 0 Å². The van der Waals surface area contributed by atoms with Crippen LogP contribution in [0.2, 0.25) is 0 Å². The Morgan fingerprint density at radius 3 is 2.43 bits per heavy atom. The van der Waals surface area contributed by atoms with Gasteiger partial charge in [-0.25, -0.2) is 9.18 Å². The highest BCUT2D eigenvalue weighted by atomic mass is 19.1. The molecule has 0 aliphatic heterocycles. The van der Waals surface area contributed by atoms with E-state index in [1.54, 1.807) is 19.1 Å². The van der Waals surface area contributed by atoms with Gasteiger partial charge in [-0.2, -0.15) is 0 Å². The van der Waals surface area contributed by atoms with Crippen LogP contribution in [0.25, 0.3) is 0 Å². The van der Waals surface area contributed by atoms with Gasteiger partial charge in [-0.05, 0) is 50.6 Å². The first-order chi connectivity index (χ1) is 13.4. The summed E-state index contributed by atoms with van der Waals surface area (Å²) < 4.78 is 18.1. The van der Waals surface area contributed by atoms with Crippen LogP contribution in [-0.2, 0) is 16.1 Å². The highest BCUT2D eigenvalue weighted by molar-refractivity contribution is 6.09. The third kappa shape index (κ3) is 6.13. The first-order valence-corrected chi connectivity index (χ1v) is 9.38. The molecule has 4 nitrogen and oxygen atoms in total. The predicted molar refractivity (Wildman–Crippen MR) is 108 cm³/mol. The van der Waals surface area contributed by atoms with E-state index in [-0.39, 0.29) is 23.6 Å². The van der Waals surface area contributed by atoms with E-state index in [1.807, 2.05) is 18.2 Å². The summed E-state index contributed by atoms with van der Waals surface area (Å²) in [5, 5.41) is 0. The normalized spacial score (nSPS) is 11.4. The number of hydrogen-bond acceptors (Lipinski definition) is 4. The van der Waals surface area contributed by atoms with E-state index < -0.39 is 0 Å². The molecule has 0 aliphatic rings. The summed E-state index contributed by atoms with van der Waals surface area (Å²) in [7, 11) is 0. The van der Waals surface area contributed by atoms with Crippen LogP contribution in [-0.4, -0.2) is 35.8 Å². The summed E-state index contributed by atoms with van der Waals surface area (Å²) in [6, 6.07) is 13.2. The molecule has 2 aromatic rings. The number of ether oxygens (including phenoxy) is 1. The molecule has 2 aromatic carbocycles. The van der Waals surface area contributed by atoms with E-state index in [2.05, 4.69) is 18.7 Å². The second-order valence-electron chi connectivity index (χ2n) is 6.67. The van der Waals surface area contributed by atoms with Crippen molar-refractivity contribution in [2.24, 2.45) is 0 Å². The van der Waals surface area contributed by atoms with Crippen LogP contribution >= 0.6 is 0 Å². The average molecular weight is 383 g/mol. The molecule has 0 amide bonds. The Labute approximate surface area is 165 Å². The van der Waals surface area contributed by atoms with Crippen LogP contribution in [0.5, 0.6) is 0 Å². The average Bonchev–Trinajstić information content (AvgIpc) is 2.67. The molecule has 0 N–H and O–H groups in total. The molecule has 0 bridgehead atoms. The summed E-state index contributed by atoms with van der Waals surface area (Å²) in [6.45, 7) is 7.33. The number of esters is 1. The minimum absolute atomic E-state index is 0.138. The molecule has 0 radical (unpaired) electrons. The summed E-state index contributed by atoms with van der Waals surface area (Å²) >= 11 is 0. The van der Waals surface area contributed by atoms with E-state index in [4.69, 9.17) is 4.74 Å². The summed E-state index contributed by atoms with van der Waals surface area (Å²) in [5.41, 5.74) is 1.93.